The number of carbonyl (C=O) groups is 1. The highest BCUT2D eigenvalue weighted by Crippen LogP contribution is 2.21. The van der Waals surface area contributed by atoms with Crippen molar-refractivity contribution in [3.8, 4) is 0 Å². The van der Waals surface area contributed by atoms with Gasteiger partial charge >= 0.3 is 0 Å². The van der Waals surface area contributed by atoms with Gasteiger partial charge in [-0.25, -0.2) is 9.37 Å². The topological polar surface area (TPSA) is 46.9 Å². The highest BCUT2D eigenvalue weighted by atomic mass is 19.1. The minimum absolute atomic E-state index is 0.264. The van der Waals surface area contributed by atoms with Gasteiger partial charge in [0.2, 0.25) is 0 Å². The molecule has 0 saturated heterocycles. The molecule has 1 unspecified atom stereocenters. The molecule has 4 nitrogen and oxygen atoms in total. The SMILES string of the molecule is C=CCn1c(C(C)NC(=O)c2ccc(F)cc2)nc2ccccc21. The van der Waals surface area contributed by atoms with Gasteiger partial charge in [0.25, 0.3) is 5.91 Å². The summed E-state index contributed by atoms with van der Waals surface area (Å²) in [5, 5.41) is 2.91. The summed E-state index contributed by atoms with van der Waals surface area (Å²) in [7, 11) is 0. The second-order valence-electron chi connectivity index (χ2n) is 5.56. The predicted octanol–water partition coefficient (Wildman–Crippen LogP) is 3.85. The van der Waals surface area contributed by atoms with Gasteiger partial charge in [-0.2, -0.15) is 0 Å². The Morgan fingerprint density at radius 3 is 2.71 bits per heavy atom. The molecule has 1 heterocycles. The summed E-state index contributed by atoms with van der Waals surface area (Å²) in [6, 6.07) is 13.0. The molecule has 0 radical (unpaired) electrons. The van der Waals surface area contributed by atoms with E-state index < -0.39 is 0 Å². The molecular formula is C19H18FN3O. The van der Waals surface area contributed by atoms with Crippen LogP contribution in [0.15, 0.2) is 61.2 Å². The van der Waals surface area contributed by atoms with Crippen molar-refractivity contribution in [2.75, 3.05) is 0 Å². The zero-order valence-corrected chi connectivity index (χ0v) is 13.4. The number of aromatic nitrogens is 2. The molecule has 3 aromatic rings. The number of allylic oxidation sites excluding steroid dienone is 1. The van der Waals surface area contributed by atoms with Gasteiger partial charge in [0.05, 0.1) is 17.1 Å². The molecule has 0 spiro atoms. The summed E-state index contributed by atoms with van der Waals surface area (Å²) < 4.78 is 15.0. The van der Waals surface area contributed by atoms with E-state index in [4.69, 9.17) is 0 Å². The molecular weight excluding hydrogens is 305 g/mol. The molecule has 2 aromatic carbocycles. The van der Waals surface area contributed by atoms with Crippen LogP contribution in [0.2, 0.25) is 0 Å². The molecule has 0 bridgehead atoms. The quantitative estimate of drug-likeness (QED) is 0.725. The molecule has 0 fully saturated rings. The first kappa shape index (κ1) is 15.9. The lowest BCUT2D eigenvalue weighted by Gasteiger charge is -2.15. The van der Waals surface area contributed by atoms with Crippen LogP contribution >= 0.6 is 0 Å². The van der Waals surface area contributed by atoms with Gasteiger partial charge in [-0.15, -0.1) is 6.58 Å². The van der Waals surface area contributed by atoms with E-state index in [0.717, 1.165) is 16.9 Å². The van der Waals surface area contributed by atoms with E-state index in [1.807, 2.05) is 35.8 Å². The summed E-state index contributed by atoms with van der Waals surface area (Å²) >= 11 is 0. The van der Waals surface area contributed by atoms with Gasteiger partial charge in [0, 0.05) is 12.1 Å². The van der Waals surface area contributed by atoms with Crippen LogP contribution < -0.4 is 5.32 Å². The first-order valence-electron chi connectivity index (χ1n) is 7.72. The summed E-state index contributed by atoms with van der Waals surface area (Å²) in [6.45, 7) is 6.27. The molecule has 3 rings (SSSR count). The first-order chi connectivity index (χ1) is 11.6. The summed E-state index contributed by atoms with van der Waals surface area (Å²) in [5.41, 5.74) is 2.28. The zero-order chi connectivity index (χ0) is 17.1. The summed E-state index contributed by atoms with van der Waals surface area (Å²) in [5.74, 6) is 0.124. The Morgan fingerprint density at radius 1 is 1.29 bits per heavy atom. The van der Waals surface area contributed by atoms with Crippen LogP contribution in [0, 0.1) is 5.82 Å². The number of imidazole rings is 1. The molecule has 1 amide bonds. The van der Waals surface area contributed by atoms with Gasteiger partial charge in [-0.3, -0.25) is 4.79 Å². The first-order valence-corrected chi connectivity index (χ1v) is 7.72. The molecule has 0 aliphatic carbocycles. The average molecular weight is 323 g/mol. The lowest BCUT2D eigenvalue weighted by Crippen LogP contribution is -2.28. The fourth-order valence-electron chi connectivity index (χ4n) is 2.69. The van der Waals surface area contributed by atoms with E-state index in [0.29, 0.717) is 12.1 Å². The van der Waals surface area contributed by atoms with E-state index in [1.54, 1.807) is 6.08 Å². The maximum atomic E-state index is 13.0. The van der Waals surface area contributed by atoms with Crippen LogP contribution in [0.4, 0.5) is 4.39 Å². The second kappa shape index (κ2) is 6.66. The summed E-state index contributed by atoms with van der Waals surface area (Å²) in [4.78, 5) is 17.0. The number of hydrogen-bond acceptors (Lipinski definition) is 2. The maximum absolute atomic E-state index is 13.0. The number of benzene rings is 2. The van der Waals surface area contributed by atoms with Gasteiger partial charge in [-0.1, -0.05) is 18.2 Å². The summed E-state index contributed by atoms with van der Waals surface area (Å²) in [6.07, 6.45) is 1.80. The molecule has 122 valence electrons. The standard InChI is InChI=1S/C19H18FN3O/c1-3-12-23-17-7-5-4-6-16(17)22-18(23)13(2)21-19(24)14-8-10-15(20)11-9-14/h3-11,13H,1,12H2,2H3,(H,21,24). The number of hydrogen-bond donors (Lipinski definition) is 1. The van der Waals surface area contributed by atoms with E-state index in [9.17, 15) is 9.18 Å². The van der Waals surface area contributed by atoms with E-state index in [1.165, 1.54) is 24.3 Å². The molecule has 5 heteroatoms. The number of nitrogens with zero attached hydrogens (tertiary/aromatic N) is 2. The smallest absolute Gasteiger partial charge is 0.251 e. The van der Waals surface area contributed by atoms with Crippen LogP contribution in [0.3, 0.4) is 0 Å². The largest absolute Gasteiger partial charge is 0.342 e. The second-order valence-corrected chi connectivity index (χ2v) is 5.56. The lowest BCUT2D eigenvalue weighted by atomic mass is 10.2. The maximum Gasteiger partial charge on any atom is 0.251 e. The molecule has 0 aliphatic heterocycles. The van der Waals surface area contributed by atoms with Crippen LogP contribution in [0.5, 0.6) is 0 Å². The Morgan fingerprint density at radius 2 is 2.00 bits per heavy atom. The molecule has 24 heavy (non-hydrogen) atoms. The number of rotatable bonds is 5. The number of para-hydroxylation sites is 2. The van der Waals surface area contributed by atoms with Crippen molar-refractivity contribution >= 4 is 16.9 Å². The van der Waals surface area contributed by atoms with E-state index in [2.05, 4.69) is 16.9 Å². The number of carbonyl (C=O) groups excluding carboxylic acids is 1. The van der Waals surface area contributed by atoms with Crippen LogP contribution in [0.25, 0.3) is 11.0 Å². The Hall–Kier alpha value is -2.95. The minimum Gasteiger partial charge on any atom is -0.342 e. The molecule has 1 N–H and O–H groups in total. The van der Waals surface area contributed by atoms with Crippen molar-refractivity contribution in [2.24, 2.45) is 0 Å². The Bertz CT molecular complexity index is 883. The third-order valence-corrected chi connectivity index (χ3v) is 3.84. The van der Waals surface area contributed by atoms with Gasteiger partial charge < -0.3 is 9.88 Å². The number of nitrogens with one attached hydrogen (secondary N) is 1. The molecule has 1 atom stereocenters. The van der Waals surface area contributed by atoms with Crippen LogP contribution in [0.1, 0.15) is 29.1 Å². The van der Waals surface area contributed by atoms with Crippen molar-refractivity contribution in [1.82, 2.24) is 14.9 Å². The van der Waals surface area contributed by atoms with E-state index in [-0.39, 0.29) is 17.8 Å². The Kier molecular flexibility index (Phi) is 4.42. The average Bonchev–Trinajstić information content (AvgIpc) is 2.95. The van der Waals surface area contributed by atoms with Gasteiger partial charge in [-0.05, 0) is 43.3 Å². The molecule has 1 aromatic heterocycles. The van der Waals surface area contributed by atoms with Crippen molar-refractivity contribution in [2.45, 2.75) is 19.5 Å². The number of fused-ring (bicyclic) bond motifs is 1. The van der Waals surface area contributed by atoms with Gasteiger partial charge in [0.15, 0.2) is 0 Å². The highest BCUT2D eigenvalue weighted by Gasteiger charge is 2.18. The van der Waals surface area contributed by atoms with Crippen molar-refractivity contribution < 1.29 is 9.18 Å². The predicted molar refractivity (Wildman–Crippen MR) is 92.2 cm³/mol. The Labute approximate surface area is 139 Å². The normalized spacial score (nSPS) is 12.1. The van der Waals surface area contributed by atoms with Crippen molar-refractivity contribution in [1.29, 1.82) is 0 Å². The number of amides is 1. The molecule has 0 aliphatic rings. The fourth-order valence-corrected chi connectivity index (χ4v) is 2.69. The van der Waals surface area contributed by atoms with Gasteiger partial charge in [0.1, 0.15) is 11.6 Å². The Balaban J connectivity index is 1.89. The van der Waals surface area contributed by atoms with Crippen LogP contribution in [-0.4, -0.2) is 15.5 Å². The number of halogens is 1. The fraction of sp³-hybridized carbons (Fsp3) is 0.158. The molecule has 0 saturated carbocycles. The monoisotopic (exact) mass is 323 g/mol. The third-order valence-electron chi connectivity index (χ3n) is 3.84. The minimum atomic E-state index is -0.368. The van der Waals surface area contributed by atoms with Crippen LogP contribution in [-0.2, 0) is 6.54 Å². The highest BCUT2D eigenvalue weighted by molar-refractivity contribution is 5.94. The third kappa shape index (κ3) is 3.06. The van der Waals surface area contributed by atoms with E-state index >= 15 is 0 Å². The zero-order valence-electron chi connectivity index (χ0n) is 13.4. The van der Waals surface area contributed by atoms with Crippen molar-refractivity contribution in [3.63, 3.8) is 0 Å². The van der Waals surface area contributed by atoms with Crippen molar-refractivity contribution in [3.05, 3.63) is 78.4 Å². The lowest BCUT2D eigenvalue weighted by molar-refractivity contribution is 0.0937.